The minimum atomic E-state index is -3.87. The molecule has 126 valence electrons. The highest BCUT2D eigenvalue weighted by atomic mass is 32.2. The molecule has 3 aromatic rings. The number of aromatic nitrogens is 4. The van der Waals surface area contributed by atoms with Crippen molar-refractivity contribution in [3.8, 4) is 0 Å². The Bertz CT molecular complexity index is 1020. The van der Waals surface area contributed by atoms with E-state index in [1.165, 1.54) is 32.4 Å². The maximum absolute atomic E-state index is 12.6. The number of fused-ring (bicyclic) bond motifs is 1. The molecule has 1 amide bonds. The fourth-order valence-corrected chi connectivity index (χ4v) is 3.34. The number of hydrogen-bond acceptors (Lipinski definition) is 5. The summed E-state index contributed by atoms with van der Waals surface area (Å²) in [7, 11) is 0.954. The van der Waals surface area contributed by atoms with Gasteiger partial charge in [0.05, 0.1) is 6.20 Å². The van der Waals surface area contributed by atoms with E-state index in [2.05, 4.69) is 14.8 Å². The third-order valence-electron chi connectivity index (χ3n) is 3.44. The van der Waals surface area contributed by atoms with Gasteiger partial charge in [0.1, 0.15) is 16.3 Å². The molecule has 9 nitrogen and oxygen atoms in total. The van der Waals surface area contributed by atoms with Gasteiger partial charge in [0, 0.05) is 39.7 Å². The van der Waals surface area contributed by atoms with Crippen molar-refractivity contribution < 1.29 is 13.2 Å². The van der Waals surface area contributed by atoms with Crippen LogP contribution in [0.5, 0.6) is 0 Å². The average molecular weight is 348 g/mol. The predicted octanol–water partition coefficient (Wildman–Crippen LogP) is 0.570. The minimum Gasteiger partial charge on any atom is -0.345 e. The van der Waals surface area contributed by atoms with Crippen LogP contribution in [0, 0.1) is 0 Å². The molecule has 0 aliphatic rings. The molecule has 0 atom stereocenters. The molecule has 10 heteroatoms. The summed E-state index contributed by atoms with van der Waals surface area (Å²) in [6.45, 7) is 0. The number of amides is 1. The van der Waals surface area contributed by atoms with Crippen LogP contribution in [0.3, 0.4) is 0 Å². The van der Waals surface area contributed by atoms with Crippen molar-refractivity contribution in [2.75, 3.05) is 18.8 Å². The molecule has 1 N–H and O–H groups in total. The van der Waals surface area contributed by atoms with E-state index in [-0.39, 0.29) is 22.2 Å². The van der Waals surface area contributed by atoms with Crippen LogP contribution >= 0.6 is 0 Å². The van der Waals surface area contributed by atoms with Crippen molar-refractivity contribution >= 4 is 27.3 Å². The Labute approximate surface area is 138 Å². The number of carbonyl (C=O) groups excluding carboxylic acids is 1. The van der Waals surface area contributed by atoms with Crippen LogP contribution in [0.4, 0.5) is 5.69 Å². The lowest BCUT2D eigenvalue weighted by Crippen LogP contribution is -2.23. The summed E-state index contributed by atoms with van der Waals surface area (Å²) in [6.07, 6.45) is 5.98. The molecule has 0 fully saturated rings. The molecule has 0 aromatic carbocycles. The summed E-state index contributed by atoms with van der Waals surface area (Å²) in [5.41, 5.74) is 0.930. The van der Waals surface area contributed by atoms with Crippen LogP contribution in [0.25, 0.3) is 5.65 Å². The lowest BCUT2D eigenvalue weighted by Gasteiger charge is -2.09. The Balaban J connectivity index is 1.97. The Morgan fingerprint density at radius 2 is 2.08 bits per heavy atom. The predicted molar refractivity (Wildman–Crippen MR) is 87.2 cm³/mol. The topological polar surface area (TPSA) is 102 Å². The van der Waals surface area contributed by atoms with Gasteiger partial charge in [-0.3, -0.25) is 9.52 Å². The Morgan fingerprint density at radius 1 is 1.33 bits per heavy atom. The van der Waals surface area contributed by atoms with E-state index in [1.807, 2.05) is 0 Å². The van der Waals surface area contributed by atoms with Crippen LogP contribution < -0.4 is 4.72 Å². The molecule has 0 bridgehead atoms. The molecule has 0 radical (unpaired) electrons. The zero-order valence-electron chi connectivity index (χ0n) is 13.3. The largest absolute Gasteiger partial charge is 0.345 e. The normalized spacial score (nSPS) is 11.6. The van der Waals surface area contributed by atoms with Gasteiger partial charge < -0.3 is 9.47 Å². The third kappa shape index (κ3) is 2.71. The molecule has 0 saturated heterocycles. The smallest absolute Gasteiger partial charge is 0.269 e. The summed E-state index contributed by atoms with van der Waals surface area (Å²) in [5.74, 6) is -0.281. The number of nitrogens with one attached hydrogen (secondary N) is 1. The zero-order valence-corrected chi connectivity index (χ0v) is 14.1. The van der Waals surface area contributed by atoms with Gasteiger partial charge in [0.2, 0.25) is 0 Å². The van der Waals surface area contributed by atoms with Crippen molar-refractivity contribution in [1.29, 1.82) is 0 Å². The number of aryl methyl sites for hydroxylation is 1. The van der Waals surface area contributed by atoms with Crippen LogP contribution in [-0.2, 0) is 17.1 Å². The van der Waals surface area contributed by atoms with Gasteiger partial charge in [0.15, 0.2) is 5.65 Å². The fourth-order valence-electron chi connectivity index (χ4n) is 2.23. The van der Waals surface area contributed by atoms with Crippen molar-refractivity contribution in [2.24, 2.45) is 7.05 Å². The maximum atomic E-state index is 12.6. The van der Waals surface area contributed by atoms with Gasteiger partial charge >= 0.3 is 0 Å². The Kier molecular flexibility index (Phi) is 3.76. The molecule has 0 saturated carbocycles. The second-order valence-electron chi connectivity index (χ2n) is 5.42. The second-order valence-corrected chi connectivity index (χ2v) is 7.11. The fraction of sp³-hybridized carbons (Fsp3) is 0.214. The highest BCUT2D eigenvalue weighted by Gasteiger charge is 2.22. The summed E-state index contributed by atoms with van der Waals surface area (Å²) in [6, 6.07) is 3.03. The highest BCUT2D eigenvalue weighted by Crippen LogP contribution is 2.21. The van der Waals surface area contributed by atoms with Gasteiger partial charge in [-0.15, -0.1) is 0 Å². The quantitative estimate of drug-likeness (QED) is 0.743. The molecular weight excluding hydrogens is 332 g/mol. The van der Waals surface area contributed by atoms with Gasteiger partial charge in [-0.2, -0.15) is 5.10 Å². The van der Waals surface area contributed by atoms with E-state index in [4.69, 9.17) is 0 Å². The first-order chi connectivity index (χ1) is 11.3. The number of sulfonamides is 1. The number of anilines is 1. The molecule has 0 spiro atoms. The van der Waals surface area contributed by atoms with Gasteiger partial charge in [-0.25, -0.2) is 17.9 Å². The molecule has 0 aliphatic heterocycles. The van der Waals surface area contributed by atoms with Crippen molar-refractivity contribution in [2.45, 2.75) is 4.90 Å². The summed E-state index contributed by atoms with van der Waals surface area (Å²) in [4.78, 5) is 17.5. The summed E-state index contributed by atoms with van der Waals surface area (Å²) < 4.78 is 30.6. The van der Waals surface area contributed by atoms with E-state index in [0.717, 1.165) is 0 Å². The van der Waals surface area contributed by atoms with Crippen molar-refractivity contribution in [3.05, 3.63) is 42.6 Å². The standard InChI is InChI=1S/C14H16N6O3S/c1-18(2)14(21)12-7-10(9-19(12)3)24(22,23)17-11-8-16-20-6-4-5-15-13(11)20/h4-9,17H,1-3H3. The molecule has 0 aliphatic carbocycles. The maximum Gasteiger partial charge on any atom is 0.269 e. The molecule has 3 heterocycles. The minimum absolute atomic E-state index is 0.00881. The first-order valence-electron chi connectivity index (χ1n) is 6.99. The number of nitrogens with zero attached hydrogens (tertiary/aromatic N) is 5. The molecule has 3 aromatic heterocycles. The number of carbonyl (C=O) groups is 1. The average Bonchev–Trinajstić information content (AvgIpc) is 3.11. The monoisotopic (exact) mass is 348 g/mol. The van der Waals surface area contributed by atoms with Gasteiger partial charge in [-0.1, -0.05) is 0 Å². The summed E-state index contributed by atoms with van der Waals surface area (Å²) in [5, 5.41) is 4.03. The van der Waals surface area contributed by atoms with E-state index >= 15 is 0 Å². The highest BCUT2D eigenvalue weighted by molar-refractivity contribution is 7.92. The first-order valence-corrected chi connectivity index (χ1v) is 8.47. The van der Waals surface area contributed by atoms with Gasteiger partial charge in [-0.05, 0) is 12.1 Å². The van der Waals surface area contributed by atoms with E-state index in [0.29, 0.717) is 5.65 Å². The Hall–Kier alpha value is -2.88. The van der Waals surface area contributed by atoms with Gasteiger partial charge in [0.25, 0.3) is 15.9 Å². The number of rotatable bonds is 4. The first kappa shape index (κ1) is 16.0. The Morgan fingerprint density at radius 3 is 2.79 bits per heavy atom. The van der Waals surface area contributed by atoms with E-state index in [1.54, 1.807) is 39.6 Å². The lowest BCUT2D eigenvalue weighted by molar-refractivity contribution is 0.0818. The van der Waals surface area contributed by atoms with Crippen LogP contribution in [0.1, 0.15) is 10.5 Å². The molecule has 3 rings (SSSR count). The SMILES string of the molecule is CN(C)C(=O)c1cc(S(=O)(=O)Nc2cnn3cccnc23)cn1C. The van der Waals surface area contributed by atoms with Crippen molar-refractivity contribution in [1.82, 2.24) is 24.1 Å². The number of hydrogen-bond donors (Lipinski definition) is 1. The zero-order chi connectivity index (χ0) is 17.5. The van der Waals surface area contributed by atoms with Crippen LogP contribution in [0.2, 0.25) is 0 Å². The molecule has 0 unspecified atom stereocenters. The third-order valence-corrected chi connectivity index (χ3v) is 4.77. The molecule has 24 heavy (non-hydrogen) atoms. The van der Waals surface area contributed by atoms with Crippen molar-refractivity contribution in [3.63, 3.8) is 0 Å². The van der Waals surface area contributed by atoms with Crippen LogP contribution in [0.15, 0.2) is 41.8 Å². The molecular formula is C14H16N6O3S. The van der Waals surface area contributed by atoms with E-state index in [9.17, 15) is 13.2 Å². The van der Waals surface area contributed by atoms with E-state index < -0.39 is 10.0 Å². The van der Waals surface area contributed by atoms with Crippen LogP contribution in [-0.4, -0.2) is 52.5 Å². The summed E-state index contributed by atoms with van der Waals surface area (Å²) >= 11 is 0. The second kappa shape index (κ2) is 5.64. The lowest BCUT2D eigenvalue weighted by atomic mass is 10.4.